The van der Waals surface area contributed by atoms with Crippen LogP contribution in [0, 0.1) is 12.3 Å². The van der Waals surface area contributed by atoms with E-state index in [0.29, 0.717) is 24.1 Å². The molecular formula is C9H14N4O. The van der Waals surface area contributed by atoms with E-state index in [1.807, 2.05) is 4.90 Å². The predicted octanol–water partition coefficient (Wildman–Crippen LogP) is 1.34. The average Bonchev–Trinajstić information content (AvgIpc) is 2.56. The first kappa shape index (κ1) is 9.18. The molecule has 0 atom stereocenters. The second-order valence-corrected chi connectivity index (χ2v) is 3.56. The maximum atomic E-state index is 7.74. The lowest BCUT2D eigenvalue weighted by Crippen LogP contribution is -2.34. The van der Waals surface area contributed by atoms with E-state index in [0.717, 1.165) is 25.8 Å². The van der Waals surface area contributed by atoms with Gasteiger partial charge in [-0.1, -0.05) is 5.16 Å². The van der Waals surface area contributed by atoms with E-state index in [9.17, 15) is 0 Å². The molecule has 1 saturated heterocycles. The van der Waals surface area contributed by atoms with Crippen LogP contribution in [0.4, 0.5) is 0 Å². The standard InChI is InChI=1S/C9H14N4O/c1-7-11-9(14-12-7)6-13-5-3-2-4-8(13)10/h10H,2-6H2,1H3. The molecule has 0 aliphatic carbocycles. The maximum Gasteiger partial charge on any atom is 0.246 e. The number of piperidine rings is 1. The van der Waals surface area contributed by atoms with Crippen molar-refractivity contribution in [3.05, 3.63) is 11.7 Å². The van der Waals surface area contributed by atoms with Crippen LogP contribution in [0.1, 0.15) is 31.0 Å². The monoisotopic (exact) mass is 194 g/mol. The summed E-state index contributed by atoms with van der Waals surface area (Å²) in [6.07, 6.45) is 3.14. The topological polar surface area (TPSA) is 66.0 Å². The average molecular weight is 194 g/mol. The Labute approximate surface area is 82.6 Å². The van der Waals surface area contributed by atoms with Gasteiger partial charge < -0.3 is 9.42 Å². The molecule has 5 heteroatoms. The van der Waals surface area contributed by atoms with Gasteiger partial charge in [0.2, 0.25) is 5.89 Å². The summed E-state index contributed by atoms with van der Waals surface area (Å²) in [5, 5.41) is 11.5. The highest BCUT2D eigenvalue weighted by atomic mass is 16.5. The number of likely N-dealkylation sites (tertiary alicyclic amines) is 1. The highest BCUT2D eigenvalue weighted by molar-refractivity contribution is 5.79. The third-order valence-electron chi connectivity index (χ3n) is 2.37. The van der Waals surface area contributed by atoms with E-state index in [1.165, 1.54) is 0 Å². The Morgan fingerprint density at radius 1 is 1.50 bits per heavy atom. The summed E-state index contributed by atoms with van der Waals surface area (Å²) in [6, 6.07) is 0. The molecule has 1 aromatic heterocycles. The molecule has 1 aliphatic rings. The first-order valence-electron chi connectivity index (χ1n) is 4.87. The lowest BCUT2D eigenvalue weighted by Gasteiger charge is -2.27. The highest BCUT2D eigenvalue weighted by Crippen LogP contribution is 2.13. The first-order chi connectivity index (χ1) is 6.75. The molecule has 0 unspecified atom stereocenters. The molecule has 14 heavy (non-hydrogen) atoms. The van der Waals surface area contributed by atoms with Crippen molar-refractivity contribution in [3.8, 4) is 0 Å². The van der Waals surface area contributed by atoms with Crippen LogP contribution in [0.5, 0.6) is 0 Å². The van der Waals surface area contributed by atoms with Crippen molar-refractivity contribution in [2.24, 2.45) is 0 Å². The summed E-state index contributed by atoms with van der Waals surface area (Å²) < 4.78 is 5.02. The van der Waals surface area contributed by atoms with Gasteiger partial charge in [0.05, 0.1) is 12.4 Å². The van der Waals surface area contributed by atoms with Crippen LogP contribution in [-0.2, 0) is 6.54 Å². The van der Waals surface area contributed by atoms with Gasteiger partial charge in [-0.25, -0.2) is 0 Å². The fraction of sp³-hybridized carbons (Fsp3) is 0.667. The summed E-state index contributed by atoms with van der Waals surface area (Å²) in [7, 11) is 0. The van der Waals surface area contributed by atoms with Crippen LogP contribution < -0.4 is 0 Å². The van der Waals surface area contributed by atoms with Gasteiger partial charge in [-0.3, -0.25) is 5.41 Å². The molecule has 2 rings (SSSR count). The number of nitrogens with zero attached hydrogens (tertiary/aromatic N) is 3. The highest BCUT2D eigenvalue weighted by Gasteiger charge is 2.17. The van der Waals surface area contributed by atoms with E-state index in [2.05, 4.69) is 10.1 Å². The van der Waals surface area contributed by atoms with E-state index in [4.69, 9.17) is 9.93 Å². The van der Waals surface area contributed by atoms with Gasteiger partial charge >= 0.3 is 0 Å². The largest absolute Gasteiger partial charge is 0.351 e. The van der Waals surface area contributed by atoms with Crippen LogP contribution in [0.15, 0.2) is 4.52 Å². The lowest BCUT2D eigenvalue weighted by atomic mass is 10.1. The summed E-state index contributed by atoms with van der Waals surface area (Å²) in [4.78, 5) is 6.12. The fourth-order valence-corrected chi connectivity index (χ4v) is 1.63. The third kappa shape index (κ3) is 1.92. The zero-order valence-corrected chi connectivity index (χ0v) is 8.29. The smallest absolute Gasteiger partial charge is 0.246 e. The van der Waals surface area contributed by atoms with Gasteiger partial charge in [0.15, 0.2) is 5.82 Å². The zero-order chi connectivity index (χ0) is 9.97. The van der Waals surface area contributed by atoms with Gasteiger partial charge in [-0.05, 0) is 19.8 Å². The number of aryl methyl sites for hydroxylation is 1. The molecule has 1 aliphatic heterocycles. The van der Waals surface area contributed by atoms with Crippen LogP contribution in [-0.4, -0.2) is 27.4 Å². The fourth-order valence-electron chi connectivity index (χ4n) is 1.63. The van der Waals surface area contributed by atoms with Crippen molar-refractivity contribution in [2.45, 2.75) is 32.7 Å². The molecule has 76 valence electrons. The van der Waals surface area contributed by atoms with Crippen molar-refractivity contribution in [3.63, 3.8) is 0 Å². The Morgan fingerprint density at radius 2 is 2.36 bits per heavy atom. The third-order valence-corrected chi connectivity index (χ3v) is 2.37. The number of hydrogen-bond donors (Lipinski definition) is 1. The van der Waals surface area contributed by atoms with Crippen LogP contribution in [0.25, 0.3) is 0 Å². The summed E-state index contributed by atoms with van der Waals surface area (Å²) in [6.45, 7) is 3.31. The Hall–Kier alpha value is -1.39. The quantitative estimate of drug-likeness (QED) is 0.771. The molecular weight excluding hydrogens is 180 g/mol. The Morgan fingerprint density at radius 3 is 3.00 bits per heavy atom. The minimum Gasteiger partial charge on any atom is -0.351 e. The van der Waals surface area contributed by atoms with Crippen LogP contribution in [0.2, 0.25) is 0 Å². The molecule has 0 amide bonds. The number of rotatable bonds is 2. The molecule has 2 heterocycles. The SMILES string of the molecule is Cc1noc(CN2CCCCC2=N)n1. The summed E-state index contributed by atoms with van der Waals surface area (Å²) >= 11 is 0. The minimum atomic E-state index is 0.583. The molecule has 1 fully saturated rings. The van der Waals surface area contributed by atoms with Crippen molar-refractivity contribution in [1.29, 1.82) is 5.41 Å². The Balaban J connectivity index is 1.99. The normalized spacial score (nSPS) is 17.5. The van der Waals surface area contributed by atoms with Crippen molar-refractivity contribution in [2.75, 3.05) is 6.54 Å². The number of amidine groups is 1. The van der Waals surface area contributed by atoms with Gasteiger partial charge in [-0.2, -0.15) is 4.98 Å². The molecule has 0 aromatic carbocycles. The molecule has 1 aromatic rings. The zero-order valence-electron chi connectivity index (χ0n) is 8.29. The second kappa shape index (κ2) is 3.77. The summed E-state index contributed by atoms with van der Waals surface area (Å²) in [5.74, 6) is 1.95. The Bertz CT molecular complexity index is 333. The number of hydrogen-bond acceptors (Lipinski definition) is 4. The van der Waals surface area contributed by atoms with E-state index in [1.54, 1.807) is 6.92 Å². The predicted molar refractivity (Wildman–Crippen MR) is 51.0 cm³/mol. The Kier molecular flexibility index (Phi) is 2.47. The minimum absolute atomic E-state index is 0.583. The van der Waals surface area contributed by atoms with E-state index < -0.39 is 0 Å². The summed E-state index contributed by atoms with van der Waals surface area (Å²) in [5.41, 5.74) is 0. The molecule has 5 nitrogen and oxygen atoms in total. The molecule has 1 N–H and O–H groups in total. The van der Waals surface area contributed by atoms with Crippen molar-refractivity contribution in [1.82, 2.24) is 15.0 Å². The molecule has 0 radical (unpaired) electrons. The van der Waals surface area contributed by atoms with Crippen molar-refractivity contribution < 1.29 is 4.52 Å². The number of aromatic nitrogens is 2. The first-order valence-corrected chi connectivity index (χ1v) is 4.87. The number of nitrogens with one attached hydrogen (secondary N) is 1. The van der Waals surface area contributed by atoms with Crippen LogP contribution >= 0.6 is 0 Å². The maximum absolute atomic E-state index is 7.74. The van der Waals surface area contributed by atoms with Gasteiger partial charge in [0, 0.05) is 13.0 Å². The van der Waals surface area contributed by atoms with E-state index in [-0.39, 0.29) is 0 Å². The van der Waals surface area contributed by atoms with Crippen molar-refractivity contribution >= 4 is 5.84 Å². The van der Waals surface area contributed by atoms with Gasteiger partial charge in [0.1, 0.15) is 0 Å². The lowest BCUT2D eigenvalue weighted by molar-refractivity contribution is 0.291. The van der Waals surface area contributed by atoms with E-state index >= 15 is 0 Å². The second-order valence-electron chi connectivity index (χ2n) is 3.56. The van der Waals surface area contributed by atoms with Gasteiger partial charge in [-0.15, -0.1) is 0 Å². The molecule has 0 spiro atoms. The molecule has 0 bridgehead atoms. The van der Waals surface area contributed by atoms with Crippen LogP contribution in [0.3, 0.4) is 0 Å². The van der Waals surface area contributed by atoms with Gasteiger partial charge in [0.25, 0.3) is 0 Å². The molecule has 0 saturated carbocycles.